The van der Waals surface area contributed by atoms with Crippen LogP contribution < -0.4 is 14.4 Å². The Morgan fingerprint density at radius 3 is 2.76 bits per heavy atom. The number of anilines is 2. The fourth-order valence-corrected chi connectivity index (χ4v) is 4.65. The molecule has 1 amide bonds. The molecule has 0 atom stereocenters. The third-order valence-electron chi connectivity index (χ3n) is 4.61. The Morgan fingerprint density at radius 1 is 1.16 bits per heavy atom. The maximum atomic E-state index is 12.8. The molecule has 6 nitrogen and oxygen atoms in total. The Bertz CT molecular complexity index is 969. The van der Waals surface area contributed by atoms with Crippen molar-refractivity contribution in [3.05, 3.63) is 47.5 Å². The van der Waals surface area contributed by atoms with Gasteiger partial charge in [-0.1, -0.05) is 6.07 Å². The lowest BCUT2D eigenvalue weighted by Crippen LogP contribution is -2.31. The van der Waals surface area contributed by atoms with E-state index in [1.807, 2.05) is 0 Å². The minimum absolute atomic E-state index is 0.0475. The number of carbonyl (C=O) groups is 1. The summed E-state index contributed by atoms with van der Waals surface area (Å²) >= 11 is 0. The normalized spacial score (nSPS) is 15.9. The average molecular weight is 358 g/mol. The molecule has 7 heteroatoms. The largest absolute Gasteiger partial charge is 0.497 e. The SMILES string of the molecule is COc1cccc(NS(=O)(=O)c2cc3c4c(c2)CC(=O)N4CCC3)c1. The number of ether oxygens (including phenoxy) is 1. The minimum Gasteiger partial charge on any atom is -0.497 e. The molecule has 0 bridgehead atoms. The lowest BCUT2D eigenvalue weighted by Gasteiger charge is -2.26. The minimum atomic E-state index is -3.74. The summed E-state index contributed by atoms with van der Waals surface area (Å²) in [6.45, 7) is 0.715. The summed E-state index contributed by atoms with van der Waals surface area (Å²) < 4.78 is 33.3. The number of nitrogens with one attached hydrogen (secondary N) is 1. The van der Waals surface area contributed by atoms with Gasteiger partial charge in [0.15, 0.2) is 0 Å². The molecule has 2 aliphatic rings. The van der Waals surface area contributed by atoms with Crippen molar-refractivity contribution in [1.29, 1.82) is 0 Å². The summed E-state index contributed by atoms with van der Waals surface area (Å²) in [5.41, 5.74) is 3.08. The quantitative estimate of drug-likeness (QED) is 0.910. The first-order valence-corrected chi connectivity index (χ1v) is 9.59. The molecule has 2 heterocycles. The third-order valence-corrected chi connectivity index (χ3v) is 5.97. The van der Waals surface area contributed by atoms with Gasteiger partial charge >= 0.3 is 0 Å². The van der Waals surface area contributed by atoms with E-state index in [9.17, 15) is 13.2 Å². The van der Waals surface area contributed by atoms with Crippen LogP contribution in [-0.2, 0) is 27.7 Å². The monoisotopic (exact) mass is 358 g/mol. The molecule has 0 unspecified atom stereocenters. The van der Waals surface area contributed by atoms with Crippen molar-refractivity contribution in [1.82, 2.24) is 0 Å². The van der Waals surface area contributed by atoms with Crippen LogP contribution >= 0.6 is 0 Å². The molecule has 0 saturated heterocycles. The van der Waals surface area contributed by atoms with E-state index in [0.717, 1.165) is 29.7 Å². The maximum absolute atomic E-state index is 12.8. The predicted molar refractivity (Wildman–Crippen MR) is 94.6 cm³/mol. The van der Waals surface area contributed by atoms with E-state index >= 15 is 0 Å². The molecule has 4 rings (SSSR count). The number of amides is 1. The second-order valence-electron chi connectivity index (χ2n) is 6.25. The lowest BCUT2D eigenvalue weighted by atomic mass is 10.0. The van der Waals surface area contributed by atoms with Gasteiger partial charge in [-0.15, -0.1) is 0 Å². The molecular formula is C18H18N2O4S. The molecule has 0 saturated carbocycles. The van der Waals surface area contributed by atoms with Crippen molar-refractivity contribution >= 4 is 27.3 Å². The van der Waals surface area contributed by atoms with Crippen LogP contribution in [0.4, 0.5) is 11.4 Å². The number of carbonyl (C=O) groups excluding carboxylic acids is 1. The van der Waals surface area contributed by atoms with Gasteiger partial charge in [0.2, 0.25) is 5.91 Å². The zero-order valence-corrected chi connectivity index (χ0v) is 14.6. The number of aryl methyl sites for hydroxylation is 1. The van der Waals surface area contributed by atoms with Crippen LogP contribution in [0.15, 0.2) is 41.3 Å². The lowest BCUT2D eigenvalue weighted by molar-refractivity contribution is -0.117. The predicted octanol–water partition coefficient (Wildman–Crippen LogP) is 2.33. The van der Waals surface area contributed by atoms with Gasteiger partial charge in [0, 0.05) is 12.6 Å². The van der Waals surface area contributed by atoms with E-state index in [1.165, 1.54) is 7.11 Å². The van der Waals surface area contributed by atoms with Crippen LogP contribution in [0, 0.1) is 0 Å². The molecule has 2 aliphatic heterocycles. The average Bonchev–Trinajstić information content (AvgIpc) is 2.92. The van der Waals surface area contributed by atoms with E-state index in [-0.39, 0.29) is 17.2 Å². The number of nitrogens with zero attached hydrogens (tertiary/aromatic N) is 1. The Morgan fingerprint density at radius 2 is 1.96 bits per heavy atom. The van der Waals surface area contributed by atoms with Crippen molar-refractivity contribution in [2.75, 3.05) is 23.3 Å². The summed E-state index contributed by atoms with van der Waals surface area (Å²) in [6.07, 6.45) is 1.91. The smallest absolute Gasteiger partial charge is 0.261 e. The van der Waals surface area contributed by atoms with Crippen LogP contribution in [0.3, 0.4) is 0 Å². The van der Waals surface area contributed by atoms with Gasteiger partial charge in [-0.05, 0) is 48.2 Å². The Hall–Kier alpha value is -2.54. The zero-order valence-electron chi connectivity index (χ0n) is 13.8. The highest BCUT2D eigenvalue weighted by Gasteiger charge is 2.33. The highest BCUT2D eigenvalue weighted by atomic mass is 32.2. The molecule has 1 N–H and O–H groups in total. The molecular weight excluding hydrogens is 340 g/mol. The van der Waals surface area contributed by atoms with Crippen LogP contribution in [0.5, 0.6) is 5.75 Å². The van der Waals surface area contributed by atoms with Crippen molar-refractivity contribution in [2.45, 2.75) is 24.2 Å². The van der Waals surface area contributed by atoms with Gasteiger partial charge in [-0.2, -0.15) is 0 Å². The topological polar surface area (TPSA) is 75.7 Å². The summed E-state index contributed by atoms with van der Waals surface area (Å²) in [4.78, 5) is 14.1. The number of hydrogen-bond acceptors (Lipinski definition) is 4. The highest BCUT2D eigenvalue weighted by Crippen LogP contribution is 2.38. The summed E-state index contributed by atoms with van der Waals surface area (Å²) in [5, 5.41) is 0. The van der Waals surface area contributed by atoms with Crippen molar-refractivity contribution in [3.63, 3.8) is 0 Å². The van der Waals surface area contributed by atoms with Crippen molar-refractivity contribution in [3.8, 4) is 5.75 Å². The molecule has 2 aromatic carbocycles. The number of methoxy groups -OCH3 is 1. The Labute approximate surface area is 146 Å². The maximum Gasteiger partial charge on any atom is 0.261 e. The first kappa shape index (κ1) is 16.0. The molecule has 0 fully saturated rings. The van der Waals surface area contributed by atoms with Gasteiger partial charge in [0.05, 0.1) is 29.8 Å². The van der Waals surface area contributed by atoms with Gasteiger partial charge < -0.3 is 9.64 Å². The summed E-state index contributed by atoms with van der Waals surface area (Å²) in [6, 6.07) is 10.1. The first-order valence-electron chi connectivity index (χ1n) is 8.11. The Kier molecular flexibility index (Phi) is 3.68. The summed E-state index contributed by atoms with van der Waals surface area (Å²) in [7, 11) is -2.21. The van der Waals surface area contributed by atoms with Crippen LogP contribution in [0.1, 0.15) is 17.5 Å². The second-order valence-corrected chi connectivity index (χ2v) is 7.94. The summed E-state index contributed by atoms with van der Waals surface area (Å²) in [5.74, 6) is 0.622. The number of sulfonamides is 1. The fourth-order valence-electron chi connectivity index (χ4n) is 3.50. The first-order chi connectivity index (χ1) is 12.0. The molecule has 0 spiro atoms. The van der Waals surface area contributed by atoms with E-state index in [1.54, 1.807) is 41.3 Å². The Balaban J connectivity index is 1.72. The molecule has 0 aromatic heterocycles. The van der Waals surface area contributed by atoms with E-state index in [2.05, 4.69) is 4.72 Å². The number of benzene rings is 2. The molecule has 0 aliphatic carbocycles. The van der Waals surface area contributed by atoms with Crippen molar-refractivity contribution < 1.29 is 17.9 Å². The van der Waals surface area contributed by atoms with Crippen LogP contribution in [0.2, 0.25) is 0 Å². The molecule has 130 valence electrons. The molecule has 0 radical (unpaired) electrons. The molecule has 25 heavy (non-hydrogen) atoms. The van der Waals surface area contributed by atoms with Gasteiger partial charge in [0.1, 0.15) is 5.75 Å². The highest BCUT2D eigenvalue weighted by molar-refractivity contribution is 7.92. The standard InChI is InChI=1S/C18H18N2O4S/c1-24-15-6-2-5-14(11-15)19-25(22,23)16-8-12-4-3-7-20-17(21)10-13(9-16)18(12)20/h2,5-6,8-9,11,19H,3-4,7,10H2,1H3. The molecule has 2 aromatic rings. The zero-order chi connectivity index (χ0) is 17.6. The van der Waals surface area contributed by atoms with Gasteiger partial charge in [-0.25, -0.2) is 8.42 Å². The van der Waals surface area contributed by atoms with Crippen LogP contribution in [-0.4, -0.2) is 28.0 Å². The third kappa shape index (κ3) is 2.74. The number of rotatable bonds is 4. The van der Waals surface area contributed by atoms with Gasteiger partial charge in [-0.3, -0.25) is 9.52 Å². The van der Waals surface area contributed by atoms with E-state index in [4.69, 9.17) is 4.74 Å². The second kappa shape index (κ2) is 5.77. The van der Waals surface area contributed by atoms with Crippen molar-refractivity contribution in [2.24, 2.45) is 0 Å². The van der Waals surface area contributed by atoms with Crippen LogP contribution in [0.25, 0.3) is 0 Å². The van der Waals surface area contributed by atoms with E-state index in [0.29, 0.717) is 18.0 Å². The van der Waals surface area contributed by atoms with E-state index < -0.39 is 10.0 Å². The van der Waals surface area contributed by atoms with Gasteiger partial charge in [0.25, 0.3) is 10.0 Å². The fraction of sp³-hybridized carbons (Fsp3) is 0.278. The number of hydrogen-bond donors (Lipinski definition) is 1.